The minimum Gasteiger partial charge on any atom is -0.546 e. The third-order valence-corrected chi connectivity index (χ3v) is 18.2. The van der Waals surface area contributed by atoms with Crippen molar-refractivity contribution < 1.29 is 8.85 Å². The van der Waals surface area contributed by atoms with Crippen LogP contribution in [0.15, 0.2) is 119 Å². The molecule has 0 aromatic heterocycles. The zero-order valence-corrected chi connectivity index (χ0v) is 27.8. The molecule has 2 saturated carbocycles. The SMILES string of the molecule is C[Si](C)(OC1=CC(CCC2=CC(O[Si](C)(C)C3CC4C=CC3C4)=C3C=CC=CC23)=C2C=CC=CC12)C1CC2C=CC1C2. The Bertz CT molecular complexity index is 1490. The molecule has 8 unspecified atom stereocenters. The third-order valence-electron chi connectivity index (χ3n) is 11.8. The molecule has 8 rings (SSSR count). The predicted octanol–water partition coefficient (Wildman–Crippen LogP) is 10.0. The lowest BCUT2D eigenvalue weighted by Gasteiger charge is -2.36. The third kappa shape index (κ3) is 4.56. The molecule has 218 valence electrons. The average molecular weight is 591 g/mol. The molecule has 4 bridgehead atoms. The van der Waals surface area contributed by atoms with E-state index in [1.807, 2.05) is 0 Å². The van der Waals surface area contributed by atoms with E-state index in [-0.39, 0.29) is 5.92 Å². The summed E-state index contributed by atoms with van der Waals surface area (Å²) in [7, 11) is -3.75. The van der Waals surface area contributed by atoms with Gasteiger partial charge in [0.25, 0.3) is 0 Å². The van der Waals surface area contributed by atoms with Crippen molar-refractivity contribution in [3.05, 3.63) is 119 Å². The van der Waals surface area contributed by atoms with E-state index in [0.717, 1.165) is 53.4 Å². The zero-order valence-electron chi connectivity index (χ0n) is 25.8. The molecule has 0 amide bonds. The van der Waals surface area contributed by atoms with Crippen LogP contribution in [0.5, 0.6) is 0 Å². The Morgan fingerprint density at radius 1 is 0.619 bits per heavy atom. The molecule has 8 aliphatic carbocycles. The number of hydrogen-bond acceptors (Lipinski definition) is 2. The minimum absolute atomic E-state index is 0.288. The predicted molar refractivity (Wildman–Crippen MR) is 178 cm³/mol. The van der Waals surface area contributed by atoms with Crippen molar-refractivity contribution in [1.29, 1.82) is 0 Å². The van der Waals surface area contributed by atoms with Gasteiger partial charge in [-0.15, -0.1) is 0 Å². The average Bonchev–Trinajstić information content (AvgIpc) is 3.83. The Morgan fingerprint density at radius 2 is 1.24 bits per heavy atom. The van der Waals surface area contributed by atoms with Gasteiger partial charge in [-0.1, -0.05) is 78.5 Å². The van der Waals surface area contributed by atoms with E-state index in [9.17, 15) is 0 Å². The van der Waals surface area contributed by atoms with Crippen LogP contribution in [0.2, 0.25) is 37.3 Å². The molecule has 0 heterocycles. The summed E-state index contributed by atoms with van der Waals surface area (Å²) in [5.41, 5.74) is 7.27. The number of rotatable bonds is 9. The molecule has 0 N–H and O–H groups in total. The second-order valence-electron chi connectivity index (χ2n) is 15.2. The van der Waals surface area contributed by atoms with Gasteiger partial charge in [-0.2, -0.15) is 0 Å². The molecule has 0 saturated heterocycles. The van der Waals surface area contributed by atoms with Crippen LogP contribution >= 0.6 is 0 Å². The Balaban J connectivity index is 0.994. The lowest BCUT2D eigenvalue weighted by Crippen LogP contribution is -2.39. The van der Waals surface area contributed by atoms with E-state index in [2.05, 4.69) is 111 Å². The van der Waals surface area contributed by atoms with Gasteiger partial charge in [0, 0.05) is 11.5 Å². The molecule has 2 fully saturated rings. The molecule has 0 aliphatic heterocycles. The highest BCUT2D eigenvalue weighted by atomic mass is 28.4. The van der Waals surface area contributed by atoms with Gasteiger partial charge in [0.1, 0.15) is 5.76 Å². The summed E-state index contributed by atoms with van der Waals surface area (Å²) in [6.45, 7) is 9.85. The van der Waals surface area contributed by atoms with Crippen LogP contribution in [0.4, 0.5) is 0 Å². The molecule has 4 heteroatoms. The molecular weight excluding hydrogens is 545 g/mol. The monoisotopic (exact) mass is 590 g/mol. The molecule has 0 spiro atoms. The number of allylic oxidation sites excluding steroid dienone is 17. The Labute approximate surface area is 255 Å². The zero-order chi connectivity index (χ0) is 28.6. The molecule has 8 aliphatic rings. The first-order valence-corrected chi connectivity index (χ1v) is 22.6. The molecule has 8 atom stereocenters. The van der Waals surface area contributed by atoms with Crippen molar-refractivity contribution >= 4 is 16.6 Å². The summed E-state index contributed by atoms with van der Waals surface area (Å²) < 4.78 is 14.2. The smallest absolute Gasteiger partial charge is 0.248 e. The summed E-state index contributed by atoms with van der Waals surface area (Å²) in [4.78, 5) is 0. The van der Waals surface area contributed by atoms with Crippen LogP contribution in [0.3, 0.4) is 0 Å². The number of fused-ring (bicyclic) bond motifs is 6. The molecule has 0 aromatic rings. The van der Waals surface area contributed by atoms with Gasteiger partial charge >= 0.3 is 0 Å². The van der Waals surface area contributed by atoms with Gasteiger partial charge in [-0.25, -0.2) is 0 Å². The first-order valence-electron chi connectivity index (χ1n) is 16.6. The highest BCUT2D eigenvalue weighted by molar-refractivity contribution is 6.73. The van der Waals surface area contributed by atoms with Crippen LogP contribution in [0, 0.1) is 35.5 Å². The molecule has 0 radical (unpaired) electrons. The summed E-state index contributed by atoms with van der Waals surface area (Å²) in [6.07, 6.45) is 40.4. The van der Waals surface area contributed by atoms with E-state index >= 15 is 0 Å². The largest absolute Gasteiger partial charge is 0.546 e. The Kier molecular flexibility index (Phi) is 6.42. The van der Waals surface area contributed by atoms with Gasteiger partial charge in [0.05, 0.1) is 11.7 Å². The highest BCUT2D eigenvalue weighted by Crippen LogP contribution is 2.55. The lowest BCUT2D eigenvalue weighted by molar-refractivity contribution is 0.364. The molecule has 2 nitrogen and oxygen atoms in total. The molecular formula is C38H46O2Si2. The van der Waals surface area contributed by atoms with Gasteiger partial charge < -0.3 is 8.85 Å². The van der Waals surface area contributed by atoms with E-state index in [4.69, 9.17) is 8.85 Å². The number of hydrogen-bond donors (Lipinski definition) is 0. The second kappa shape index (κ2) is 9.99. The standard InChI is InChI=1S/C38H46O2Si2/c1-41(2,37-21-25-13-15-29(37)19-25)39-35-23-27(31-9-5-7-11-33(31)35)17-18-28-24-36(34-12-8-6-10-32(28)34)40-42(3,4)38-22-26-14-16-30(38)20-26/h5-16,23-26,29-31,34,37-38H,17-22H2,1-4H3. The van der Waals surface area contributed by atoms with Gasteiger partial charge in [0.2, 0.25) is 16.6 Å². The first-order chi connectivity index (χ1) is 20.2. The summed E-state index contributed by atoms with van der Waals surface area (Å²) in [5.74, 6) is 6.08. The topological polar surface area (TPSA) is 18.5 Å². The Hall–Kier alpha value is -2.57. The van der Waals surface area contributed by atoms with E-state index < -0.39 is 16.6 Å². The van der Waals surface area contributed by atoms with Gasteiger partial charge in [-0.05, 0) is 123 Å². The van der Waals surface area contributed by atoms with Crippen molar-refractivity contribution in [2.45, 2.75) is 75.8 Å². The van der Waals surface area contributed by atoms with Crippen LogP contribution < -0.4 is 0 Å². The van der Waals surface area contributed by atoms with Crippen molar-refractivity contribution in [2.75, 3.05) is 0 Å². The lowest BCUT2D eigenvalue weighted by atomic mass is 9.88. The fourth-order valence-corrected chi connectivity index (χ4v) is 15.8. The summed E-state index contributed by atoms with van der Waals surface area (Å²) >= 11 is 0. The van der Waals surface area contributed by atoms with Crippen LogP contribution in [-0.4, -0.2) is 16.6 Å². The van der Waals surface area contributed by atoms with E-state index in [1.165, 1.54) is 53.7 Å². The molecule has 42 heavy (non-hydrogen) atoms. The fraction of sp³-hybridized carbons (Fsp3) is 0.474. The Morgan fingerprint density at radius 3 is 1.86 bits per heavy atom. The van der Waals surface area contributed by atoms with E-state index in [1.54, 1.807) is 0 Å². The van der Waals surface area contributed by atoms with Gasteiger partial charge in [-0.3, -0.25) is 0 Å². The molecule has 0 aromatic carbocycles. The van der Waals surface area contributed by atoms with Crippen molar-refractivity contribution in [1.82, 2.24) is 0 Å². The fourth-order valence-electron chi connectivity index (χ4n) is 9.69. The summed E-state index contributed by atoms with van der Waals surface area (Å²) in [5, 5.41) is 0. The summed E-state index contributed by atoms with van der Waals surface area (Å²) in [6, 6.07) is 0. The van der Waals surface area contributed by atoms with Crippen LogP contribution in [0.25, 0.3) is 0 Å². The maximum atomic E-state index is 7.11. The highest BCUT2D eigenvalue weighted by Gasteiger charge is 2.49. The maximum Gasteiger partial charge on any atom is 0.248 e. The van der Waals surface area contributed by atoms with Gasteiger partial charge in [0.15, 0.2) is 0 Å². The maximum absolute atomic E-state index is 7.11. The first kappa shape index (κ1) is 27.0. The van der Waals surface area contributed by atoms with Crippen LogP contribution in [-0.2, 0) is 8.85 Å². The van der Waals surface area contributed by atoms with Crippen molar-refractivity contribution in [3.8, 4) is 0 Å². The quantitative estimate of drug-likeness (QED) is 0.196. The second-order valence-corrected chi connectivity index (χ2v) is 23.5. The van der Waals surface area contributed by atoms with E-state index in [0.29, 0.717) is 5.92 Å². The van der Waals surface area contributed by atoms with Crippen molar-refractivity contribution in [2.24, 2.45) is 35.5 Å². The minimum atomic E-state index is -1.88. The normalized spacial score (nSPS) is 36.9. The van der Waals surface area contributed by atoms with Crippen molar-refractivity contribution in [3.63, 3.8) is 0 Å². The van der Waals surface area contributed by atoms with Crippen LogP contribution in [0.1, 0.15) is 38.5 Å².